The van der Waals surface area contributed by atoms with E-state index in [0.29, 0.717) is 26.1 Å². The molecule has 0 saturated carbocycles. The number of amides is 1. The van der Waals surface area contributed by atoms with E-state index in [0.717, 1.165) is 18.7 Å². The summed E-state index contributed by atoms with van der Waals surface area (Å²) in [6.07, 6.45) is 1.16. The number of benzene rings is 1. The molecule has 1 atom stereocenters. The third kappa shape index (κ3) is 4.63. The zero-order chi connectivity index (χ0) is 13.6. The standard InChI is InChI=1S/C14H21N3O2/c18-13(17-12-4-2-1-3-5-12)6-8-15-10-14(19)7-9-16-11-14/h1-5,15-16,19H,6-11H2,(H,17,18)/t14-/m0/s1. The number of aliphatic hydroxyl groups is 1. The first-order valence-electron chi connectivity index (χ1n) is 6.67. The number of rotatable bonds is 6. The van der Waals surface area contributed by atoms with E-state index in [9.17, 15) is 9.90 Å². The van der Waals surface area contributed by atoms with Gasteiger partial charge in [-0.2, -0.15) is 0 Å². The molecule has 1 fully saturated rings. The van der Waals surface area contributed by atoms with Crippen molar-refractivity contribution in [1.29, 1.82) is 0 Å². The van der Waals surface area contributed by atoms with Crippen LogP contribution >= 0.6 is 0 Å². The van der Waals surface area contributed by atoms with Gasteiger partial charge < -0.3 is 21.1 Å². The van der Waals surface area contributed by atoms with Gasteiger partial charge in [-0.05, 0) is 25.1 Å². The van der Waals surface area contributed by atoms with Crippen molar-refractivity contribution in [3.05, 3.63) is 30.3 Å². The van der Waals surface area contributed by atoms with E-state index in [1.807, 2.05) is 30.3 Å². The summed E-state index contributed by atoms with van der Waals surface area (Å²) >= 11 is 0. The largest absolute Gasteiger partial charge is 0.387 e. The number of hydrogen-bond donors (Lipinski definition) is 4. The van der Waals surface area contributed by atoms with E-state index in [4.69, 9.17) is 0 Å². The molecule has 19 heavy (non-hydrogen) atoms. The number of carbonyl (C=O) groups is 1. The van der Waals surface area contributed by atoms with Crippen LogP contribution in [0.4, 0.5) is 5.69 Å². The highest BCUT2D eigenvalue weighted by Gasteiger charge is 2.30. The Kier molecular flexibility index (Phi) is 4.90. The first-order chi connectivity index (χ1) is 9.18. The van der Waals surface area contributed by atoms with E-state index in [1.165, 1.54) is 0 Å². The second-order valence-corrected chi connectivity index (χ2v) is 4.99. The van der Waals surface area contributed by atoms with Crippen LogP contribution in [0.1, 0.15) is 12.8 Å². The molecule has 1 aromatic rings. The molecule has 1 aliphatic heterocycles. The van der Waals surface area contributed by atoms with Gasteiger partial charge in [0.05, 0.1) is 5.60 Å². The fourth-order valence-electron chi connectivity index (χ4n) is 2.15. The molecule has 0 spiro atoms. The molecule has 5 heteroatoms. The molecule has 1 amide bonds. The van der Waals surface area contributed by atoms with Crippen molar-refractivity contribution in [2.75, 3.05) is 31.5 Å². The topological polar surface area (TPSA) is 73.4 Å². The van der Waals surface area contributed by atoms with Crippen molar-refractivity contribution in [2.24, 2.45) is 0 Å². The van der Waals surface area contributed by atoms with E-state index in [2.05, 4.69) is 16.0 Å². The van der Waals surface area contributed by atoms with E-state index in [-0.39, 0.29) is 5.91 Å². The Bertz CT molecular complexity index is 402. The Morgan fingerprint density at radius 1 is 1.37 bits per heavy atom. The molecule has 104 valence electrons. The lowest BCUT2D eigenvalue weighted by atomic mass is 10.0. The number of hydrogen-bond acceptors (Lipinski definition) is 4. The van der Waals surface area contributed by atoms with Crippen LogP contribution in [0.2, 0.25) is 0 Å². The Labute approximate surface area is 113 Å². The summed E-state index contributed by atoms with van der Waals surface area (Å²) in [5, 5.41) is 19.2. The van der Waals surface area contributed by atoms with Gasteiger partial charge in [-0.15, -0.1) is 0 Å². The molecule has 5 nitrogen and oxygen atoms in total. The summed E-state index contributed by atoms with van der Waals surface area (Å²) in [6, 6.07) is 9.40. The van der Waals surface area contributed by atoms with Gasteiger partial charge in [-0.3, -0.25) is 4.79 Å². The predicted molar refractivity (Wildman–Crippen MR) is 75.0 cm³/mol. The lowest BCUT2D eigenvalue weighted by Gasteiger charge is -2.21. The third-order valence-corrected chi connectivity index (χ3v) is 3.26. The van der Waals surface area contributed by atoms with Crippen LogP contribution in [0.5, 0.6) is 0 Å². The van der Waals surface area contributed by atoms with Gasteiger partial charge in [0.25, 0.3) is 0 Å². The zero-order valence-electron chi connectivity index (χ0n) is 11.0. The maximum atomic E-state index is 11.7. The number of para-hydroxylation sites is 1. The molecule has 0 radical (unpaired) electrons. The summed E-state index contributed by atoms with van der Waals surface area (Å²) in [4.78, 5) is 11.7. The number of anilines is 1. The van der Waals surface area contributed by atoms with E-state index in [1.54, 1.807) is 0 Å². The molecule has 0 aromatic heterocycles. The maximum Gasteiger partial charge on any atom is 0.225 e. The van der Waals surface area contributed by atoms with Gasteiger partial charge in [0.15, 0.2) is 0 Å². The van der Waals surface area contributed by atoms with Crippen molar-refractivity contribution in [1.82, 2.24) is 10.6 Å². The van der Waals surface area contributed by atoms with Gasteiger partial charge in [0.2, 0.25) is 5.91 Å². The second-order valence-electron chi connectivity index (χ2n) is 4.99. The minimum absolute atomic E-state index is 0.0183. The number of β-amino-alcohol motifs (C(OH)–C–C–N with tert-alkyl or cyclic N) is 1. The monoisotopic (exact) mass is 263 g/mol. The number of nitrogens with one attached hydrogen (secondary N) is 3. The highest BCUT2D eigenvalue weighted by Crippen LogP contribution is 2.12. The van der Waals surface area contributed by atoms with Gasteiger partial charge >= 0.3 is 0 Å². The van der Waals surface area contributed by atoms with Crippen LogP contribution in [0.3, 0.4) is 0 Å². The first-order valence-corrected chi connectivity index (χ1v) is 6.67. The average molecular weight is 263 g/mol. The SMILES string of the molecule is O=C(CCNC[C@@]1(O)CCNC1)Nc1ccccc1. The van der Waals surface area contributed by atoms with Crippen molar-refractivity contribution in [2.45, 2.75) is 18.4 Å². The molecular formula is C14H21N3O2. The molecule has 2 rings (SSSR count). The molecular weight excluding hydrogens is 242 g/mol. The third-order valence-electron chi connectivity index (χ3n) is 3.26. The van der Waals surface area contributed by atoms with E-state index < -0.39 is 5.60 Å². The zero-order valence-corrected chi connectivity index (χ0v) is 11.0. The van der Waals surface area contributed by atoms with Crippen molar-refractivity contribution >= 4 is 11.6 Å². The average Bonchev–Trinajstić information content (AvgIpc) is 2.83. The van der Waals surface area contributed by atoms with Crippen LogP contribution in [0, 0.1) is 0 Å². The summed E-state index contributed by atoms with van der Waals surface area (Å²) in [7, 11) is 0. The van der Waals surface area contributed by atoms with Gasteiger partial charge in [-0.25, -0.2) is 0 Å². The van der Waals surface area contributed by atoms with Crippen LogP contribution in [0.15, 0.2) is 30.3 Å². The van der Waals surface area contributed by atoms with Crippen molar-refractivity contribution in [3.63, 3.8) is 0 Å². The van der Waals surface area contributed by atoms with Crippen molar-refractivity contribution < 1.29 is 9.90 Å². The highest BCUT2D eigenvalue weighted by atomic mass is 16.3. The fourth-order valence-corrected chi connectivity index (χ4v) is 2.15. The predicted octanol–water partition coefficient (Wildman–Crippen LogP) is 0.329. The first kappa shape index (κ1) is 14.0. The molecule has 1 aliphatic rings. The molecule has 0 aliphatic carbocycles. The molecule has 1 aromatic carbocycles. The lowest BCUT2D eigenvalue weighted by Crippen LogP contribution is -2.43. The minimum atomic E-state index is -0.657. The second kappa shape index (κ2) is 6.65. The molecule has 0 unspecified atom stereocenters. The van der Waals surface area contributed by atoms with Crippen molar-refractivity contribution in [3.8, 4) is 0 Å². The van der Waals surface area contributed by atoms with Gasteiger partial charge in [0, 0.05) is 31.7 Å². The summed E-state index contributed by atoms with van der Waals surface area (Å²) in [6.45, 7) is 2.57. The normalized spacial score (nSPS) is 22.4. The minimum Gasteiger partial charge on any atom is -0.387 e. The summed E-state index contributed by atoms with van der Waals surface area (Å²) < 4.78 is 0. The summed E-state index contributed by atoms with van der Waals surface area (Å²) in [5.74, 6) is -0.0183. The van der Waals surface area contributed by atoms with Gasteiger partial charge in [0.1, 0.15) is 0 Å². The molecule has 1 saturated heterocycles. The Morgan fingerprint density at radius 2 is 2.16 bits per heavy atom. The Morgan fingerprint density at radius 3 is 2.84 bits per heavy atom. The van der Waals surface area contributed by atoms with E-state index >= 15 is 0 Å². The van der Waals surface area contributed by atoms with Gasteiger partial charge in [-0.1, -0.05) is 18.2 Å². The Hall–Kier alpha value is -1.43. The fraction of sp³-hybridized carbons (Fsp3) is 0.500. The van der Waals surface area contributed by atoms with Crippen LogP contribution in [0.25, 0.3) is 0 Å². The number of carbonyl (C=O) groups excluding carboxylic acids is 1. The molecule has 4 N–H and O–H groups in total. The maximum absolute atomic E-state index is 11.7. The van der Waals surface area contributed by atoms with Crippen LogP contribution in [-0.2, 0) is 4.79 Å². The highest BCUT2D eigenvalue weighted by molar-refractivity contribution is 5.90. The molecule has 0 bridgehead atoms. The Balaban J connectivity index is 1.62. The quantitative estimate of drug-likeness (QED) is 0.558. The van der Waals surface area contributed by atoms with Crippen LogP contribution in [-0.4, -0.2) is 42.8 Å². The summed E-state index contributed by atoms with van der Waals surface area (Å²) in [5.41, 5.74) is 0.154. The smallest absolute Gasteiger partial charge is 0.225 e. The van der Waals surface area contributed by atoms with Crippen LogP contribution < -0.4 is 16.0 Å². The lowest BCUT2D eigenvalue weighted by molar-refractivity contribution is -0.116. The molecule has 1 heterocycles.